The summed E-state index contributed by atoms with van der Waals surface area (Å²) in [4.78, 5) is 37.1. The Morgan fingerprint density at radius 1 is 1.30 bits per heavy atom. The number of hydrogen-bond acceptors (Lipinski definition) is 4. The third-order valence-electron chi connectivity index (χ3n) is 3.45. The van der Waals surface area contributed by atoms with Crippen LogP contribution in [-0.2, 0) is 14.4 Å². The van der Waals surface area contributed by atoms with E-state index in [1.807, 2.05) is 27.7 Å². The third-order valence-corrected chi connectivity index (χ3v) is 3.45. The molecule has 1 rings (SSSR count). The Bertz CT molecular complexity index is 378. The molecule has 0 spiro atoms. The number of amides is 3. The fourth-order valence-corrected chi connectivity index (χ4v) is 2.44. The summed E-state index contributed by atoms with van der Waals surface area (Å²) >= 11 is 0. The molecule has 1 saturated heterocycles. The highest BCUT2D eigenvalue weighted by Gasteiger charge is 2.41. The molecule has 0 aromatic carbocycles. The molecule has 3 amide bonds. The molecule has 0 saturated carbocycles. The number of carbonyl (C=O) groups excluding carboxylic acids is 3. The Kier molecular flexibility index (Phi) is 6.13. The Labute approximate surface area is 120 Å². The first kappa shape index (κ1) is 16.6. The highest BCUT2D eigenvalue weighted by molar-refractivity contribution is 6.06. The van der Waals surface area contributed by atoms with Crippen molar-refractivity contribution in [1.29, 1.82) is 0 Å². The SMILES string of the molecule is CCC(CC)N1C(=O)CC(NCC(=O)NC(C)C)C1=O. The van der Waals surface area contributed by atoms with Crippen molar-refractivity contribution in [1.82, 2.24) is 15.5 Å². The Balaban J connectivity index is 2.56. The molecule has 1 aliphatic rings. The quantitative estimate of drug-likeness (QED) is 0.664. The van der Waals surface area contributed by atoms with Crippen LogP contribution in [0.25, 0.3) is 0 Å². The van der Waals surface area contributed by atoms with Crippen molar-refractivity contribution in [3.63, 3.8) is 0 Å². The van der Waals surface area contributed by atoms with Gasteiger partial charge in [-0.25, -0.2) is 0 Å². The van der Waals surface area contributed by atoms with Crippen LogP contribution >= 0.6 is 0 Å². The van der Waals surface area contributed by atoms with E-state index < -0.39 is 6.04 Å². The lowest BCUT2D eigenvalue weighted by Crippen LogP contribution is -2.46. The summed E-state index contributed by atoms with van der Waals surface area (Å²) in [6.45, 7) is 7.73. The van der Waals surface area contributed by atoms with Crippen molar-refractivity contribution in [2.24, 2.45) is 0 Å². The minimum absolute atomic E-state index is 0.0358. The highest BCUT2D eigenvalue weighted by Crippen LogP contribution is 2.19. The summed E-state index contributed by atoms with van der Waals surface area (Å²) in [5.74, 6) is -0.521. The van der Waals surface area contributed by atoms with Crippen molar-refractivity contribution in [2.45, 2.75) is 65.1 Å². The van der Waals surface area contributed by atoms with Crippen molar-refractivity contribution < 1.29 is 14.4 Å². The Morgan fingerprint density at radius 3 is 2.40 bits per heavy atom. The first-order chi connectivity index (χ1) is 9.40. The van der Waals surface area contributed by atoms with E-state index in [1.54, 1.807) is 0 Å². The minimum atomic E-state index is -0.569. The zero-order valence-electron chi connectivity index (χ0n) is 12.7. The van der Waals surface area contributed by atoms with Crippen molar-refractivity contribution in [2.75, 3.05) is 6.54 Å². The molecule has 1 aliphatic heterocycles. The molecule has 1 unspecified atom stereocenters. The predicted molar refractivity (Wildman–Crippen MR) is 75.9 cm³/mol. The maximum atomic E-state index is 12.2. The van der Waals surface area contributed by atoms with Gasteiger partial charge in [0.05, 0.1) is 19.0 Å². The van der Waals surface area contributed by atoms with E-state index in [1.165, 1.54) is 4.90 Å². The lowest BCUT2D eigenvalue weighted by molar-refractivity contribution is -0.141. The average Bonchev–Trinajstić information content (AvgIpc) is 2.65. The van der Waals surface area contributed by atoms with Gasteiger partial charge in [0, 0.05) is 12.1 Å². The van der Waals surface area contributed by atoms with Crippen molar-refractivity contribution in [3.05, 3.63) is 0 Å². The van der Waals surface area contributed by atoms with Gasteiger partial charge in [0.15, 0.2) is 0 Å². The molecule has 114 valence electrons. The first-order valence-electron chi connectivity index (χ1n) is 7.29. The van der Waals surface area contributed by atoms with E-state index in [-0.39, 0.29) is 42.8 Å². The zero-order chi connectivity index (χ0) is 15.3. The van der Waals surface area contributed by atoms with Crippen molar-refractivity contribution in [3.8, 4) is 0 Å². The van der Waals surface area contributed by atoms with Crippen LogP contribution < -0.4 is 10.6 Å². The van der Waals surface area contributed by atoms with Gasteiger partial charge in [0.25, 0.3) is 0 Å². The fourth-order valence-electron chi connectivity index (χ4n) is 2.44. The lowest BCUT2D eigenvalue weighted by Gasteiger charge is -2.24. The van der Waals surface area contributed by atoms with E-state index in [2.05, 4.69) is 10.6 Å². The summed E-state index contributed by atoms with van der Waals surface area (Å²) < 4.78 is 0. The van der Waals surface area contributed by atoms with Gasteiger partial charge in [-0.05, 0) is 26.7 Å². The summed E-state index contributed by atoms with van der Waals surface area (Å²) in [6.07, 6.45) is 1.66. The van der Waals surface area contributed by atoms with Gasteiger partial charge in [-0.2, -0.15) is 0 Å². The van der Waals surface area contributed by atoms with Crippen LogP contribution in [0.15, 0.2) is 0 Å². The predicted octanol–water partition coefficient (Wildman–Crippen LogP) is 0.417. The number of imide groups is 1. The van der Waals surface area contributed by atoms with Crippen LogP contribution in [-0.4, -0.2) is 47.3 Å². The molecular formula is C14H25N3O3. The second-order valence-electron chi connectivity index (χ2n) is 5.43. The number of rotatable bonds is 7. The van der Waals surface area contributed by atoms with E-state index in [4.69, 9.17) is 0 Å². The Hall–Kier alpha value is -1.43. The van der Waals surface area contributed by atoms with Gasteiger partial charge >= 0.3 is 0 Å². The summed E-state index contributed by atoms with van der Waals surface area (Å²) in [5, 5.41) is 5.61. The van der Waals surface area contributed by atoms with Gasteiger partial charge in [0.1, 0.15) is 0 Å². The topological polar surface area (TPSA) is 78.5 Å². The number of nitrogens with one attached hydrogen (secondary N) is 2. The lowest BCUT2D eigenvalue weighted by atomic mass is 10.1. The Morgan fingerprint density at radius 2 is 1.90 bits per heavy atom. The molecule has 1 atom stereocenters. The molecule has 0 radical (unpaired) electrons. The first-order valence-corrected chi connectivity index (χ1v) is 7.29. The molecule has 0 bridgehead atoms. The maximum Gasteiger partial charge on any atom is 0.247 e. The zero-order valence-corrected chi connectivity index (χ0v) is 12.7. The highest BCUT2D eigenvalue weighted by atomic mass is 16.2. The molecule has 6 heteroatoms. The third kappa shape index (κ3) is 4.03. The van der Waals surface area contributed by atoms with Crippen molar-refractivity contribution >= 4 is 17.7 Å². The number of nitrogens with zero attached hydrogens (tertiary/aromatic N) is 1. The van der Waals surface area contributed by atoms with Crippen LogP contribution in [0.5, 0.6) is 0 Å². The van der Waals surface area contributed by atoms with Crippen LogP contribution in [0.3, 0.4) is 0 Å². The smallest absolute Gasteiger partial charge is 0.247 e. The standard InChI is InChI=1S/C14H25N3O3/c1-5-10(6-2)17-13(19)7-11(14(17)20)15-8-12(18)16-9(3)4/h9-11,15H,5-8H2,1-4H3,(H,16,18). The second-order valence-corrected chi connectivity index (χ2v) is 5.43. The molecule has 0 aromatic heterocycles. The van der Waals surface area contributed by atoms with Crippen LogP contribution in [0.1, 0.15) is 47.0 Å². The molecule has 1 heterocycles. The summed E-state index contributed by atoms with van der Waals surface area (Å²) in [7, 11) is 0. The normalized spacial score (nSPS) is 19.3. The molecule has 0 aromatic rings. The molecule has 6 nitrogen and oxygen atoms in total. The molecule has 2 N–H and O–H groups in total. The minimum Gasteiger partial charge on any atom is -0.353 e. The number of likely N-dealkylation sites (tertiary alicyclic amines) is 1. The van der Waals surface area contributed by atoms with Gasteiger partial charge < -0.3 is 5.32 Å². The van der Waals surface area contributed by atoms with E-state index in [0.29, 0.717) is 0 Å². The fraction of sp³-hybridized carbons (Fsp3) is 0.786. The largest absolute Gasteiger partial charge is 0.353 e. The van der Waals surface area contributed by atoms with Gasteiger partial charge in [-0.3, -0.25) is 24.6 Å². The van der Waals surface area contributed by atoms with E-state index in [0.717, 1.165) is 12.8 Å². The number of carbonyl (C=O) groups is 3. The number of hydrogen-bond donors (Lipinski definition) is 2. The van der Waals surface area contributed by atoms with Gasteiger partial charge in [0.2, 0.25) is 17.7 Å². The summed E-state index contributed by atoms with van der Waals surface area (Å²) in [6, 6.07) is -0.543. The average molecular weight is 283 g/mol. The van der Waals surface area contributed by atoms with E-state index in [9.17, 15) is 14.4 Å². The molecule has 20 heavy (non-hydrogen) atoms. The molecule has 0 aliphatic carbocycles. The molecule has 1 fully saturated rings. The summed E-state index contributed by atoms with van der Waals surface area (Å²) in [5.41, 5.74) is 0. The monoisotopic (exact) mass is 283 g/mol. The van der Waals surface area contributed by atoms with Crippen LogP contribution in [0.2, 0.25) is 0 Å². The van der Waals surface area contributed by atoms with Gasteiger partial charge in [-0.15, -0.1) is 0 Å². The second kappa shape index (κ2) is 7.38. The van der Waals surface area contributed by atoms with Crippen LogP contribution in [0, 0.1) is 0 Å². The maximum absolute atomic E-state index is 12.2. The van der Waals surface area contributed by atoms with Crippen LogP contribution in [0.4, 0.5) is 0 Å². The van der Waals surface area contributed by atoms with E-state index >= 15 is 0 Å². The molecular weight excluding hydrogens is 258 g/mol. The van der Waals surface area contributed by atoms with Gasteiger partial charge in [-0.1, -0.05) is 13.8 Å².